The highest BCUT2D eigenvalue weighted by atomic mass is 16.3. The van der Waals surface area contributed by atoms with E-state index < -0.39 is 18.2 Å². The van der Waals surface area contributed by atoms with Crippen molar-refractivity contribution in [3.05, 3.63) is 107 Å². The number of amides is 6. The van der Waals surface area contributed by atoms with Crippen LogP contribution < -0.4 is 27.0 Å². The van der Waals surface area contributed by atoms with Gasteiger partial charge in [0, 0.05) is 86.9 Å². The lowest BCUT2D eigenvalue weighted by atomic mass is 9.81. The number of carbonyl (C=O) groups excluding carboxylic acids is 6. The molecule has 1 fully saturated rings. The maximum atomic E-state index is 13.6. The zero-order valence-electron chi connectivity index (χ0n) is 38.7. The third-order valence-corrected chi connectivity index (χ3v) is 12.3. The first-order valence-corrected chi connectivity index (χ1v) is 23.7. The van der Waals surface area contributed by atoms with Gasteiger partial charge >= 0.3 is 0 Å². The molecule has 2 aliphatic heterocycles. The standard InChI is InChI=1S/C51H65N9O7/c1-3-23-59(24-4-2)51(67)40-27-38-18-19-39(28-42(38)57-44(52)29-40)49(65)56-41-25-36(30-53-32-41)31-55-50(66)43(26-34-11-7-5-8-12-34)58-45(61)13-9-6-10-22-54-48(64)37-16-14-35(15-17-37)33-60-46(62)20-21-47(60)63/h5,7-8,11-12,18-21,25,27-28,30,32,35,37,43,46,62H,3-4,6,9-10,13-17,22-24,26,29,31,33H2,1-2H3,(H2,52,57)(H,54,64)(H,55,66)(H,56,65)(H,58,61)/t35?,37?,43-,46?/m0/s1. The molecular formula is C51H65N9O7. The van der Waals surface area contributed by atoms with Crippen LogP contribution in [0, 0.1) is 11.8 Å². The van der Waals surface area contributed by atoms with Gasteiger partial charge in [-0.05, 0) is 98.8 Å². The Kier molecular flexibility index (Phi) is 18.4. The highest BCUT2D eigenvalue weighted by Crippen LogP contribution is 2.31. The predicted molar refractivity (Wildman–Crippen MR) is 257 cm³/mol. The van der Waals surface area contributed by atoms with Gasteiger partial charge in [0.05, 0.1) is 17.6 Å². The molecule has 3 heterocycles. The number of aliphatic imine (C=N–C) groups is 1. The van der Waals surface area contributed by atoms with Gasteiger partial charge < -0.3 is 41.9 Å². The Labute approximate surface area is 392 Å². The van der Waals surface area contributed by atoms with Crippen LogP contribution in [0.1, 0.15) is 112 Å². The Morgan fingerprint density at radius 2 is 1.67 bits per heavy atom. The summed E-state index contributed by atoms with van der Waals surface area (Å²) in [7, 11) is 0. The Bertz CT molecular complexity index is 2320. The molecule has 7 N–H and O–H groups in total. The summed E-state index contributed by atoms with van der Waals surface area (Å²) in [6, 6.07) is 15.4. The minimum Gasteiger partial charge on any atom is -0.387 e. The summed E-state index contributed by atoms with van der Waals surface area (Å²) in [6.07, 6.45) is 14.5. The number of pyridine rings is 1. The topological polar surface area (TPSA) is 229 Å². The first-order valence-electron chi connectivity index (χ1n) is 23.7. The maximum Gasteiger partial charge on any atom is 0.255 e. The summed E-state index contributed by atoms with van der Waals surface area (Å²) >= 11 is 0. The van der Waals surface area contributed by atoms with Gasteiger partial charge in [-0.3, -0.25) is 33.8 Å². The number of amidine groups is 1. The van der Waals surface area contributed by atoms with Crippen molar-refractivity contribution in [2.45, 2.75) is 110 Å². The monoisotopic (exact) mass is 916 g/mol. The summed E-state index contributed by atoms with van der Waals surface area (Å²) in [5.74, 6) is -0.746. The molecule has 3 aromatic rings. The highest BCUT2D eigenvalue weighted by molar-refractivity contribution is 6.08. The highest BCUT2D eigenvalue weighted by Gasteiger charge is 2.31. The van der Waals surface area contributed by atoms with Crippen LogP contribution in [0.4, 0.5) is 11.4 Å². The maximum absolute atomic E-state index is 13.6. The number of carbonyl (C=O) groups is 6. The van der Waals surface area contributed by atoms with Gasteiger partial charge in [-0.1, -0.05) is 56.7 Å². The zero-order valence-corrected chi connectivity index (χ0v) is 38.7. The lowest BCUT2D eigenvalue weighted by Gasteiger charge is -2.31. The number of aliphatic hydroxyl groups is 1. The van der Waals surface area contributed by atoms with Crippen molar-refractivity contribution in [1.29, 1.82) is 0 Å². The van der Waals surface area contributed by atoms with E-state index in [1.165, 1.54) is 23.2 Å². The van der Waals surface area contributed by atoms with E-state index in [9.17, 15) is 33.9 Å². The average Bonchev–Trinajstić information content (AvgIpc) is 3.53. The van der Waals surface area contributed by atoms with Crippen LogP contribution in [0.25, 0.3) is 6.08 Å². The number of nitrogens with one attached hydrogen (secondary N) is 4. The summed E-state index contributed by atoms with van der Waals surface area (Å²) in [5, 5.41) is 21.7. The van der Waals surface area contributed by atoms with Crippen molar-refractivity contribution in [2.75, 3.05) is 31.5 Å². The molecule has 3 aliphatic rings. The van der Waals surface area contributed by atoms with Gasteiger partial charge in [0.15, 0.2) is 0 Å². The Hall–Kier alpha value is -6.68. The van der Waals surface area contributed by atoms with Crippen LogP contribution >= 0.6 is 0 Å². The lowest BCUT2D eigenvalue weighted by Crippen LogP contribution is -2.47. The molecule has 6 amide bonds. The number of aromatic nitrogens is 1. The van der Waals surface area contributed by atoms with Gasteiger partial charge in [0.25, 0.3) is 5.91 Å². The minimum atomic E-state index is -0.864. The fraction of sp³-hybridized carbons (Fsp3) is 0.451. The van der Waals surface area contributed by atoms with Crippen molar-refractivity contribution in [1.82, 2.24) is 30.7 Å². The van der Waals surface area contributed by atoms with Gasteiger partial charge in [-0.15, -0.1) is 0 Å². The zero-order chi connectivity index (χ0) is 47.7. The summed E-state index contributed by atoms with van der Waals surface area (Å²) in [4.78, 5) is 90.5. The number of hydrogen-bond acceptors (Lipinski definition) is 10. The number of aliphatic hydroxyl groups excluding tert-OH is 1. The molecule has 1 aromatic heterocycles. The van der Waals surface area contributed by atoms with E-state index in [4.69, 9.17) is 5.73 Å². The predicted octanol–water partition coefficient (Wildman–Crippen LogP) is 5.30. The van der Waals surface area contributed by atoms with Gasteiger partial charge in [0.1, 0.15) is 18.1 Å². The number of nitrogens with zero attached hydrogens (tertiary/aromatic N) is 4. The molecule has 0 saturated heterocycles. The van der Waals surface area contributed by atoms with Crippen molar-refractivity contribution >= 4 is 58.7 Å². The molecule has 356 valence electrons. The second-order valence-corrected chi connectivity index (χ2v) is 17.7. The van der Waals surface area contributed by atoms with E-state index in [-0.39, 0.29) is 73.0 Å². The third kappa shape index (κ3) is 14.7. The molecule has 1 unspecified atom stereocenters. The quantitative estimate of drug-likeness (QED) is 0.0718. The third-order valence-electron chi connectivity index (χ3n) is 12.3. The normalized spacial score (nSPS) is 18.2. The molecule has 0 radical (unpaired) electrons. The average molecular weight is 916 g/mol. The smallest absolute Gasteiger partial charge is 0.255 e. The first kappa shape index (κ1) is 49.7. The molecule has 67 heavy (non-hydrogen) atoms. The number of nitrogens with two attached hydrogens (primary N) is 1. The number of benzene rings is 2. The second-order valence-electron chi connectivity index (χ2n) is 17.7. The lowest BCUT2D eigenvalue weighted by molar-refractivity contribution is -0.133. The van der Waals surface area contributed by atoms with Crippen LogP contribution in [0.5, 0.6) is 0 Å². The number of fused-ring (bicyclic) bond motifs is 1. The fourth-order valence-electron chi connectivity index (χ4n) is 8.75. The molecule has 2 aromatic carbocycles. The van der Waals surface area contributed by atoms with Gasteiger partial charge in [-0.25, -0.2) is 4.99 Å². The fourth-order valence-corrected chi connectivity index (χ4v) is 8.75. The molecule has 0 spiro atoms. The van der Waals surface area contributed by atoms with E-state index in [1.54, 1.807) is 36.5 Å². The van der Waals surface area contributed by atoms with Crippen LogP contribution in [-0.4, -0.2) is 99.6 Å². The summed E-state index contributed by atoms with van der Waals surface area (Å²) in [6.45, 7) is 6.48. The summed E-state index contributed by atoms with van der Waals surface area (Å²) in [5.41, 5.74) is 10.3. The van der Waals surface area contributed by atoms with Crippen LogP contribution in [0.2, 0.25) is 0 Å². The van der Waals surface area contributed by atoms with Crippen LogP contribution in [-0.2, 0) is 36.9 Å². The van der Waals surface area contributed by atoms with Crippen molar-refractivity contribution in [3.8, 4) is 0 Å². The molecule has 1 saturated carbocycles. The van der Waals surface area contributed by atoms with Gasteiger partial charge in [-0.2, -0.15) is 0 Å². The molecule has 16 heteroatoms. The van der Waals surface area contributed by atoms with E-state index in [0.717, 1.165) is 50.5 Å². The Balaban J connectivity index is 0.951. The van der Waals surface area contributed by atoms with Crippen LogP contribution in [0.15, 0.2) is 89.7 Å². The molecular weight excluding hydrogens is 851 g/mol. The molecule has 16 nitrogen and oxygen atoms in total. The number of anilines is 1. The second kappa shape index (κ2) is 24.7. The van der Waals surface area contributed by atoms with Crippen molar-refractivity contribution < 1.29 is 33.9 Å². The van der Waals surface area contributed by atoms with E-state index in [1.807, 2.05) is 49.1 Å². The molecule has 1 aliphatic carbocycles. The van der Waals surface area contributed by atoms with Crippen molar-refractivity contribution in [3.63, 3.8) is 0 Å². The number of rotatable bonds is 22. The molecule has 6 rings (SSSR count). The Morgan fingerprint density at radius 3 is 2.39 bits per heavy atom. The van der Waals surface area contributed by atoms with E-state index in [0.29, 0.717) is 72.7 Å². The van der Waals surface area contributed by atoms with Crippen molar-refractivity contribution in [2.24, 2.45) is 22.6 Å². The number of hydrogen-bond donors (Lipinski definition) is 6. The SMILES string of the molecule is CCCN(CCC)C(=O)C1=Cc2ccc(C(=O)Nc3cncc(CNC(=O)[C@H](Cc4ccccc4)NC(=O)CCCCCNC(=O)C4CCC(CN5C(=O)C=CC5O)CC4)c3)cc2N=C(N)C1. The Morgan fingerprint density at radius 1 is 0.910 bits per heavy atom. The molecule has 0 bridgehead atoms. The van der Waals surface area contributed by atoms with Crippen LogP contribution in [0.3, 0.4) is 0 Å². The number of unbranched alkanes of at least 4 members (excludes halogenated alkanes) is 2. The summed E-state index contributed by atoms with van der Waals surface area (Å²) < 4.78 is 0. The van der Waals surface area contributed by atoms with E-state index in [2.05, 4.69) is 31.2 Å². The van der Waals surface area contributed by atoms with Gasteiger partial charge in [0.2, 0.25) is 29.5 Å². The first-order chi connectivity index (χ1) is 32.4. The minimum absolute atomic E-state index is 0.0317. The van der Waals surface area contributed by atoms with E-state index >= 15 is 0 Å². The largest absolute Gasteiger partial charge is 0.387 e. The molecule has 2 atom stereocenters.